The highest BCUT2D eigenvalue weighted by molar-refractivity contribution is 14.1. The molecule has 11 heavy (non-hydrogen) atoms. The van der Waals surface area contributed by atoms with Crippen LogP contribution in [0, 0.1) is 5.92 Å². The summed E-state index contributed by atoms with van der Waals surface area (Å²) < 4.78 is 4.02. The van der Waals surface area contributed by atoms with Gasteiger partial charge in [-0.15, -0.1) is 0 Å². The van der Waals surface area contributed by atoms with Crippen LogP contribution >= 0.6 is 22.6 Å². The predicted molar refractivity (Wildman–Crippen MR) is 53.2 cm³/mol. The molecule has 0 saturated heterocycles. The largest absolute Gasteiger partial charge is 0.358 e. The van der Waals surface area contributed by atoms with Crippen LogP contribution in [0.5, 0.6) is 0 Å². The third kappa shape index (κ3) is 4.95. The number of ether oxygens (including phenoxy) is 1. The molecule has 3 nitrogen and oxygen atoms in total. The van der Waals surface area contributed by atoms with Gasteiger partial charge >= 0.3 is 0 Å². The van der Waals surface area contributed by atoms with Crippen LogP contribution in [0.3, 0.4) is 0 Å². The van der Waals surface area contributed by atoms with Gasteiger partial charge in [0.15, 0.2) is 0 Å². The number of nitrogens with two attached hydrogens (primary N) is 1. The van der Waals surface area contributed by atoms with Crippen molar-refractivity contribution >= 4 is 22.6 Å². The summed E-state index contributed by atoms with van der Waals surface area (Å²) >= 11 is 1.79. The molecule has 0 bridgehead atoms. The van der Waals surface area contributed by atoms with Crippen LogP contribution in [-0.2, 0) is 4.74 Å². The first-order chi connectivity index (χ1) is 4.65. The fourth-order valence-electron chi connectivity index (χ4n) is 0.519. The highest BCUT2D eigenvalue weighted by Gasteiger charge is 2.31. The molecule has 0 aromatic heterocycles. The lowest BCUT2D eigenvalue weighted by Crippen LogP contribution is -2.49. The summed E-state index contributed by atoms with van der Waals surface area (Å²) in [5.41, 5.74) is 4.99. The maximum Gasteiger partial charge on any atom is 0.217 e. The topological polar surface area (TPSA) is 55.5 Å². The summed E-state index contributed by atoms with van der Waals surface area (Å²) in [6, 6.07) is 0. The van der Waals surface area contributed by atoms with Crippen LogP contribution in [0.4, 0.5) is 0 Å². The average molecular weight is 273 g/mol. The van der Waals surface area contributed by atoms with E-state index in [4.69, 9.17) is 10.5 Å². The van der Waals surface area contributed by atoms with E-state index in [2.05, 4.69) is 0 Å². The molecule has 2 unspecified atom stereocenters. The van der Waals surface area contributed by atoms with Gasteiger partial charge in [0, 0.05) is 0 Å². The molecule has 0 aliphatic carbocycles. The summed E-state index contributed by atoms with van der Waals surface area (Å²) in [6.45, 7) is 7.20. The van der Waals surface area contributed by atoms with Crippen LogP contribution in [0.25, 0.3) is 0 Å². The molecule has 0 aliphatic heterocycles. The van der Waals surface area contributed by atoms with E-state index in [-0.39, 0.29) is 5.92 Å². The number of rotatable bonds is 3. The van der Waals surface area contributed by atoms with Crippen molar-refractivity contribution in [3.05, 3.63) is 0 Å². The summed E-state index contributed by atoms with van der Waals surface area (Å²) in [5.74, 6) is 0.170. The van der Waals surface area contributed by atoms with Gasteiger partial charge in [-0.3, -0.25) is 0 Å². The number of hydrogen-bond acceptors (Lipinski definition) is 3. The van der Waals surface area contributed by atoms with E-state index in [0.29, 0.717) is 0 Å². The van der Waals surface area contributed by atoms with Crippen molar-refractivity contribution in [3.63, 3.8) is 0 Å². The molecular weight excluding hydrogens is 257 g/mol. The second kappa shape index (κ2) is 3.55. The van der Waals surface area contributed by atoms with Crippen LogP contribution in [0.2, 0.25) is 0 Å². The zero-order chi connectivity index (χ0) is 9.28. The van der Waals surface area contributed by atoms with Gasteiger partial charge in [-0.25, -0.2) is 0 Å². The standard InChI is InChI=1S/C7H16INO2/c1-5(2)6(3,9)11-7(4,8)10/h5,10H,9H2,1-4H3. The number of alkyl halides is 1. The van der Waals surface area contributed by atoms with Crippen molar-refractivity contribution in [1.29, 1.82) is 0 Å². The first-order valence-electron chi connectivity index (χ1n) is 3.55. The lowest BCUT2D eigenvalue weighted by atomic mass is 10.0. The Labute approximate surface area is 81.4 Å². The molecule has 0 saturated carbocycles. The monoisotopic (exact) mass is 273 g/mol. The van der Waals surface area contributed by atoms with Gasteiger partial charge in [-0.2, -0.15) is 0 Å². The number of aliphatic hydroxyl groups is 1. The lowest BCUT2D eigenvalue weighted by Gasteiger charge is -2.34. The number of hydrogen-bond donors (Lipinski definition) is 2. The summed E-state index contributed by atoms with van der Waals surface area (Å²) in [6.07, 6.45) is 0. The second-order valence-electron chi connectivity index (χ2n) is 3.31. The maximum atomic E-state index is 9.29. The minimum Gasteiger partial charge on any atom is -0.358 e. The first-order valence-corrected chi connectivity index (χ1v) is 4.63. The summed E-state index contributed by atoms with van der Waals surface area (Å²) in [4.78, 5) is 0. The minimum atomic E-state index is -1.19. The van der Waals surface area contributed by atoms with Gasteiger partial charge < -0.3 is 15.6 Å². The zero-order valence-electron chi connectivity index (χ0n) is 7.39. The van der Waals surface area contributed by atoms with Crippen LogP contribution in [0.1, 0.15) is 27.7 Å². The Morgan fingerprint density at radius 1 is 1.45 bits per heavy atom. The maximum absolute atomic E-state index is 9.29. The van der Waals surface area contributed by atoms with Gasteiger partial charge in [-0.05, 0) is 42.4 Å². The van der Waals surface area contributed by atoms with E-state index in [1.54, 1.807) is 36.4 Å². The van der Waals surface area contributed by atoms with E-state index in [1.165, 1.54) is 0 Å². The first kappa shape index (κ1) is 11.6. The third-order valence-corrected chi connectivity index (χ3v) is 1.77. The minimum absolute atomic E-state index is 0.170. The smallest absolute Gasteiger partial charge is 0.217 e. The van der Waals surface area contributed by atoms with Gasteiger partial charge in [0.2, 0.25) is 3.79 Å². The van der Waals surface area contributed by atoms with Crippen molar-refractivity contribution in [1.82, 2.24) is 0 Å². The Morgan fingerprint density at radius 2 is 1.82 bits per heavy atom. The van der Waals surface area contributed by atoms with E-state index < -0.39 is 9.52 Å². The van der Waals surface area contributed by atoms with Gasteiger partial charge in [0.25, 0.3) is 0 Å². The molecule has 0 fully saturated rings. The van der Waals surface area contributed by atoms with Gasteiger partial charge in [-0.1, -0.05) is 13.8 Å². The van der Waals surface area contributed by atoms with E-state index in [1.807, 2.05) is 13.8 Å². The molecule has 2 atom stereocenters. The Balaban J connectivity index is 4.13. The fraction of sp³-hybridized carbons (Fsp3) is 1.00. The molecule has 0 aromatic rings. The summed E-state index contributed by atoms with van der Waals surface area (Å²) in [5, 5.41) is 9.29. The molecule has 0 spiro atoms. The van der Waals surface area contributed by atoms with Crippen molar-refractivity contribution in [2.24, 2.45) is 11.7 Å². The molecule has 3 N–H and O–H groups in total. The van der Waals surface area contributed by atoms with Crippen molar-refractivity contribution in [2.45, 2.75) is 37.2 Å². The molecule has 0 aromatic carbocycles. The van der Waals surface area contributed by atoms with Crippen molar-refractivity contribution in [3.8, 4) is 0 Å². The Bertz CT molecular complexity index is 129. The Kier molecular flexibility index (Phi) is 3.75. The molecule has 0 amide bonds. The molecule has 0 rings (SSSR count). The lowest BCUT2D eigenvalue weighted by molar-refractivity contribution is -0.195. The molecule has 68 valence electrons. The summed E-state index contributed by atoms with van der Waals surface area (Å²) in [7, 11) is 0. The van der Waals surface area contributed by atoms with Crippen LogP contribution in [0.15, 0.2) is 0 Å². The molecule has 4 heteroatoms. The third-order valence-electron chi connectivity index (χ3n) is 1.55. The zero-order valence-corrected chi connectivity index (χ0v) is 9.55. The highest BCUT2D eigenvalue weighted by Crippen LogP contribution is 2.25. The van der Waals surface area contributed by atoms with Crippen LogP contribution < -0.4 is 5.73 Å². The SMILES string of the molecule is CC(C)C(C)(N)OC(C)(O)I. The van der Waals surface area contributed by atoms with Gasteiger partial charge in [0.05, 0.1) is 0 Å². The Morgan fingerprint density at radius 3 is 1.91 bits per heavy atom. The van der Waals surface area contributed by atoms with Crippen molar-refractivity contribution < 1.29 is 9.84 Å². The average Bonchev–Trinajstić information content (AvgIpc) is 1.56. The molecular formula is C7H16INO2. The number of halogens is 1. The van der Waals surface area contributed by atoms with Gasteiger partial charge in [0.1, 0.15) is 5.72 Å². The fourth-order valence-corrected chi connectivity index (χ4v) is 0.994. The normalized spacial score (nSPS) is 22.9. The van der Waals surface area contributed by atoms with E-state index >= 15 is 0 Å². The Hall–Kier alpha value is 0.610. The highest BCUT2D eigenvalue weighted by atomic mass is 127. The van der Waals surface area contributed by atoms with E-state index in [0.717, 1.165) is 0 Å². The quantitative estimate of drug-likeness (QED) is 0.464. The molecule has 0 radical (unpaired) electrons. The predicted octanol–water partition coefficient (Wildman–Crippen LogP) is 1.43. The van der Waals surface area contributed by atoms with Crippen molar-refractivity contribution in [2.75, 3.05) is 0 Å². The second-order valence-corrected chi connectivity index (χ2v) is 5.31. The van der Waals surface area contributed by atoms with Crippen LogP contribution in [-0.4, -0.2) is 14.6 Å². The molecule has 0 aliphatic rings. The molecule has 0 heterocycles. The van der Waals surface area contributed by atoms with E-state index in [9.17, 15) is 5.11 Å².